The number of rotatable bonds is 6. The van der Waals surface area contributed by atoms with Crippen LogP contribution >= 0.6 is 0 Å². The molecule has 0 aliphatic rings. The van der Waals surface area contributed by atoms with Gasteiger partial charge in [-0.25, -0.2) is 0 Å². The predicted octanol–water partition coefficient (Wildman–Crippen LogP) is 3.74. The van der Waals surface area contributed by atoms with Gasteiger partial charge in [0.05, 0.1) is 0 Å². The van der Waals surface area contributed by atoms with Crippen molar-refractivity contribution in [1.29, 1.82) is 0 Å². The second-order valence-electron chi connectivity index (χ2n) is 3.30. The van der Waals surface area contributed by atoms with E-state index < -0.39 is 0 Å². The molecule has 0 radical (unpaired) electrons. The molecule has 0 unspecified atom stereocenters. The minimum Gasteiger partial charge on any atom is -0.466 e. The van der Waals surface area contributed by atoms with Crippen LogP contribution in [0, 0.1) is 0 Å². The molecular weight excluding hydrogens is 160 g/mol. The molecule has 1 rings (SSSR count). The fourth-order valence-corrected chi connectivity index (χ4v) is 1.36. The van der Waals surface area contributed by atoms with Gasteiger partial charge in [0.2, 0.25) is 0 Å². The maximum absolute atomic E-state index is 5.64. The largest absolute Gasteiger partial charge is 0.466 e. The van der Waals surface area contributed by atoms with Gasteiger partial charge in [0.25, 0.3) is 0 Å². The van der Waals surface area contributed by atoms with E-state index >= 15 is 0 Å². The van der Waals surface area contributed by atoms with E-state index in [1.54, 1.807) is 0 Å². The summed E-state index contributed by atoms with van der Waals surface area (Å²) in [6.45, 7) is 5.86. The molecule has 72 valence electrons. The monoisotopic (exact) mass is 178 g/mol. The second-order valence-corrected chi connectivity index (χ2v) is 3.30. The Bertz CT molecular complexity index is 247. The molecule has 0 aromatic carbocycles. The minimum absolute atomic E-state index is 1.04. The topological polar surface area (TPSA) is 13.1 Å². The Labute approximate surface area is 80.5 Å². The highest BCUT2D eigenvalue weighted by Crippen LogP contribution is 2.12. The standard InChI is InChI=1S/C12H18O/c1-3-5-6-8-12-10-9-11(13-12)7-4-2/h3,9-10H,1,4-8H2,2H3. The van der Waals surface area contributed by atoms with Gasteiger partial charge in [0, 0.05) is 12.8 Å². The molecule has 0 saturated carbocycles. The van der Waals surface area contributed by atoms with E-state index in [4.69, 9.17) is 4.42 Å². The number of unbranched alkanes of at least 4 members (excludes halogenated alkanes) is 1. The smallest absolute Gasteiger partial charge is 0.104 e. The van der Waals surface area contributed by atoms with Crippen LogP contribution in [0.25, 0.3) is 0 Å². The lowest BCUT2D eigenvalue weighted by Gasteiger charge is -1.94. The van der Waals surface area contributed by atoms with E-state index in [-0.39, 0.29) is 0 Å². The Hall–Kier alpha value is -0.980. The molecule has 1 heteroatoms. The predicted molar refractivity (Wildman–Crippen MR) is 55.8 cm³/mol. The van der Waals surface area contributed by atoms with Crippen LogP contribution in [0.4, 0.5) is 0 Å². The maximum atomic E-state index is 5.64. The fourth-order valence-electron chi connectivity index (χ4n) is 1.36. The first-order valence-electron chi connectivity index (χ1n) is 5.05. The Kier molecular flexibility index (Phi) is 4.37. The van der Waals surface area contributed by atoms with Crippen LogP contribution in [0.5, 0.6) is 0 Å². The van der Waals surface area contributed by atoms with Crippen LogP contribution in [-0.4, -0.2) is 0 Å². The molecule has 1 heterocycles. The summed E-state index contributed by atoms with van der Waals surface area (Å²) in [6, 6.07) is 4.18. The average molecular weight is 178 g/mol. The van der Waals surface area contributed by atoms with Gasteiger partial charge in [-0.15, -0.1) is 6.58 Å². The van der Waals surface area contributed by atoms with Crippen LogP contribution < -0.4 is 0 Å². The highest BCUT2D eigenvalue weighted by Gasteiger charge is 1.99. The Morgan fingerprint density at radius 3 is 2.62 bits per heavy atom. The van der Waals surface area contributed by atoms with Crippen molar-refractivity contribution >= 4 is 0 Å². The van der Waals surface area contributed by atoms with Crippen LogP contribution in [0.3, 0.4) is 0 Å². The van der Waals surface area contributed by atoms with Crippen LogP contribution in [0.2, 0.25) is 0 Å². The zero-order chi connectivity index (χ0) is 9.52. The number of hydrogen-bond donors (Lipinski definition) is 0. The van der Waals surface area contributed by atoms with Crippen molar-refractivity contribution in [2.24, 2.45) is 0 Å². The summed E-state index contributed by atoms with van der Waals surface area (Å²) >= 11 is 0. The van der Waals surface area contributed by atoms with Crippen LogP contribution in [0.1, 0.15) is 37.7 Å². The van der Waals surface area contributed by atoms with Gasteiger partial charge in [0.15, 0.2) is 0 Å². The summed E-state index contributed by atoms with van der Waals surface area (Å²) in [7, 11) is 0. The van der Waals surface area contributed by atoms with Crippen molar-refractivity contribution in [3.63, 3.8) is 0 Å². The van der Waals surface area contributed by atoms with E-state index in [0.717, 1.165) is 43.6 Å². The molecule has 0 spiro atoms. The zero-order valence-electron chi connectivity index (χ0n) is 8.38. The third-order valence-electron chi connectivity index (χ3n) is 2.05. The van der Waals surface area contributed by atoms with Crippen molar-refractivity contribution in [2.75, 3.05) is 0 Å². The first kappa shape index (κ1) is 10.1. The third kappa shape index (κ3) is 3.49. The summed E-state index contributed by atoms with van der Waals surface area (Å²) in [5.74, 6) is 2.24. The SMILES string of the molecule is C=CCCCc1ccc(CCC)o1. The molecular formula is C12H18O. The summed E-state index contributed by atoms with van der Waals surface area (Å²) < 4.78 is 5.64. The van der Waals surface area contributed by atoms with Gasteiger partial charge in [-0.1, -0.05) is 13.0 Å². The highest BCUT2D eigenvalue weighted by molar-refractivity contribution is 5.07. The number of furan rings is 1. The lowest BCUT2D eigenvalue weighted by Crippen LogP contribution is -1.80. The normalized spacial score (nSPS) is 10.2. The molecule has 0 saturated heterocycles. The van der Waals surface area contributed by atoms with Gasteiger partial charge in [-0.3, -0.25) is 0 Å². The van der Waals surface area contributed by atoms with E-state index in [9.17, 15) is 0 Å². The summed E-state index contributed by atoms with van der Waals surface area (Å²) in [5, 5.41) is 0. The third-order valence-corrected chi connectivity index (χ3v) is 2.05. The molecule has 0 amide bonds. The highest BCUT2D eigenvalue weighted by atomic mass is 16.3. The first-order chi connectivity index (χ1) is 6.36. The molecule has 0 bridgehead atoms. The quantitative estimate of drug-likeness (QED) is 0.477. The molecule has 0 N–H and O–H groups in total. The Balaban J connectivity index is 2.35. The summed E-state index contributed by atoms with van der Waals surface area (Å²) in [6.07, 6.45) is 7.42. The number of hydrogen-bond acceptors (Lipinski definition) is 1. The van der Waals surface area contributed by atoms with Gasteiger partial charge in [-0.2, -0.15) is 0 Å². The van der Waals surface area contributed by atoms with Gasteiger partial charge in [0.1, 0.15) is 11.5 Å². The molecule has 0 fully saturated rings. The summed E-state index contributed by atoms with van der Waals surface area (Å²) in [4.78, 5) is 0. The lowest BCUT2D eigenvalue weighted by atomic mass is 10.2. The molecule has 13 heavy (non-hydrogen) atoms. The van der Waals surface area contributed by atoms with Crippen LogP contribution in [0.15, 0.2) is 29.2 Å². The first-order valence-corrected chi connectivity index (χ1v) is 5.05. The van der Waals surface area contributed by atoms with E-state index in [0.29, 0.717) is 0 Å². The fraction of sp³-hybridized carbons (Fsp3) is 0.500. The second kappa shape index (κ2) is 5.63. The van der Waals surface area contributed by atoms with Crippen molar-refractivity contribution in [3.8, 4) is 0 Å². The molecule has 1 aromatic heterocycles. The van der Waals surface area contributed by atoms with Crippen molar-refractivity contribution in [2.45, 2.75) is 39.0 Å². The van der Waals surface area contributed by atoms with E-state index in [1.165, 1.54) is 0 Å². The molecule has 1 aromatic rings. The average Bonchev–Trinajstić information content (AvgIpc) is 2.54. The summed E-state index contributed by atoms with van der Waals surface area (Å²) in [5.41, 5.74) is 0. The minimum atomic E-state index is 1.04. The van der Waals surface area contributed by atoms with Gasteiger partial charge < -0.3 is 4.42 Å². The Morgan fingerprint density at radius 2 is 2.00 bits per heavy atom. The van der Waals surface area contributed by atoms with Crippen molar-refractivity contribution in [1.82, 2.24) is 0 Å². The number of allylic oxidation sites excluding steroid dienone is 1. The van der Waals surface area contributed by atoms with E-state index in [1.807, 2.05) is 6.08 Å². The molecule has 0 aliphatic heterocycles. The lowest BCUT2D eigenvalue weighted by molar-refractivity contribution is 0.458. The molecule has 1 nitrogen and oxygen atoms in total. The Morgan fingerprint density at radius 1 is 1.31 bits per heavy atom. The molecule has 0 aliphatic carbocycles. The van der Waals surface area contributed by atoms with Gasteiger partial charge in [-0.05, 0) is 31.4 Å². The van der Waals surface area contributed by atoms with Crippen molar-refractivity contribution < 1.29 is 4.42 Å². The van der Waals surface area contributed by atoms with E-state index in [2.05, 4.69) is 25.6 Å². The van der Waals surface area contributed by atoms with Crippen LogP contribution in [-0.2, 0) is 12.8 Å². The van der Waals surface area contributed by atoms with Crippen molar-refractivity contribution in [3.05, 3.63) is 36.3 Å². The maximum Gasteiger partial charge on any atom is 0.104 e. The zero-order valence-corrected chi connectivity index (χ0v) is 8.38. The molecule has 0 atom stereocenters. The van der Waals surface area contributed by atoms with Gasteiger partial charge >= 0.3 is 0 Å². The number of aryl methyl sites for hydroxylation is 2.